The van der Waals surface area contributed by atoms with E-state index in [1.54, 1.807) is 41.7 Å². The Hall–Kier alpha value is -4.63. The minimum Gasteiger partial charge on any atom is -0.445 e. The number of thiophene rings is 1. The van der Waals surface area contributed by atoms with Gasteiger partial charge in [-0.05, 0) is 63.3 Å². The minimum absolute atomic E-state index is 0.0949. The molecule has 0 saturated carbocycles. The van der Waals surface area contributed by atoms with Gasteiger partial charge < -0.3 is 26.4 Å². The Kier molecular flexibility index (Phi) is 8.73. The normalized spacial score (nSPS) is 11.3. The van der Waals surface area contributed by atoms with E-state index in [-0.39, 0.29) is 24.8 Å². The van der Waals surface area contributed by atoms with Crippen molar-refractivity contribution in [1.29, 1.82) is 0 Å². The van der Waals surface area contributed by atoms with Crippen LogP contribution >= 0.6 is 11.3 Å². The number of nitrogens with one attached hydrogen (secondary N) is 3. The monoisotopic (exact) mass is 528 g/mol. The first-order chi connectivity index (χ1) is 18.4. The van der Waals surface area contributed by atoms with Crippen molar-refractivity contribution in [3.63, 3.8) is 0 Å². The molecule has 0 bridgehead atoms. The largest absolute Gasteiger partial charge is 0.445 e. The van der Waals surface area contributed by atoms with E-state index in [4.69, 9.17) is 10.5 Å². The molecule has 0 aliphatic rings. The Balaban J connectivity index is 1.38. The number of amides is 3. The molecule has 0 aliphatic carbocycles. The molecule has 0 saturated heterocycles. The zero-order valence-electron chi connectivity index (χ0n) is 20.8. The molecule has 3 amide bonds. The van der Waals surface area contributed by atoms with Gasteiger partial charge in [-0.2, -0.15) is 11.3 Å². The number of benzene rings is 3. The third kappa shape index (κ3) is 6.98. The van der Waals surface area contributed by atoms with Gasteiger partial charge in [-0.15, -0.1) is 0 Å². The van der Waals surface area contributed by atoms with Gasteiger partial charge in [0, 0.05) is 19.0 Å². The van der Waals surface area contributed by atoms with Gasteiger partial charge in [-0.3, -0.25) is 9.59 Å². The fourth-order valence-corrected chi connectivity index (χ4v) is 4.45. The van der Waals surface area contributed by atoms with Crippen LogP contribution in [0.3, 0.4) is 0 Å². The highest BCUT2D eigenvalue weighted by molar-refractivity contribution is 7.08. The van der Waals surface area contributed by atoms with Gasteiger partial charge in [-0.25, -0.2) is 4.79 Å². The summed E-state index contributed by atoms with van der Waals surface area (Å²) in [5.74, 6) is -0.666. The Morgan fingerprint density at radius 1 is 0.921 bits per heavy atom. The van der Waals surface area contributed by atoms with Crippen LogP contribution in [-0.4, -0.2) is 31.0 Å². The summed E-state index contributed by atoms with van der Waals surface area (Å²) in [6.45, 7) is 0.0949. The van der Waals surface area contributed by atoms with Crippen molar-refractivity contribution in [3.05, 3.63) is 106 Å². The first-order valence-electron chi connectivity index (χ1n) is 11.9. The lowest BCUT2D eigenvalue weighted by Crippen LogP contribution is -2.47. The van der Waals surface area contributed by atoms with E-state index in [0.29, 0.717) is 16.9 Å². The van der Waals surface area contributed by atoms with Gasteiger partial charge in [0.25, 0.3) is 5.91 Å². The molecule has 0 aliphatic heterocycles. The molecule has 1 heterocycles. The summed E-state index contributed by atoms with van der Waals surface area (Å²) in [7, 11) is 1.50. The minimum atomic E-state index is -0.845. The summed E-state index contributed by atoms with van der Waals surface area (Å²) in [5.41, 5.74) is 11.1. The molecule has 38 heavy (non-hydrogen) atoms. The quantitative estimate of drug-likeness (QED) is 0.232. The number of anilines is 2. The molecule has 5 N–H and O–H groups in total. The van der Waals surface area contributed by atoms with Gasteiger partial charge in [0.2, 0.25) is 5.91 Å². The molecule has 0 spiro atoms. The third-order valence-corrected chi connectivity index (χ3v) is 6.56. The number of alkyl carbamates (subject to hydrolysis) is 1. The molecule has 0 unspecified atom stereocenters. The number of carbonyl (C=O) groups is 3. The van der Waals surface area contributed by atoms with E-state index in [2.05, 4.69) is 16.0 Å². The molecular weight excluding hydrogens is 500 g/mol. The first kappa shape index (κ1) is 26.4. The van der Waals surface area contributed by atoms with Crippen LogP contribution in [0.4, 0.5) is 16.2 Å². The molecule has 1 aromatic heterocycles. The number of likely N-dealkylation sites (N-methyl/N-ethyl adjacent to an activating group) is 1. The fourth-order valence-electron chi connectivity index (χ4n) is 3.79. The molecule has 4 aromatic rings. The maximum absolute atomic E-state index is 12.9. The zero-order valence-corrected chi connectivity index (χ0v) is 21.6. The summed E-state index contributed by atoms with van der Waals surface area (Å²) in [4.78, 5) is 37.6. The SMILES string of the molecule is CNC(=O)[C@H](Cc1ccc(C(=O)Nc2cc(-c3ccsc3)ccc2N)cc1)NC(=O)OCc1ccccc1. The van der Waals surface area contributed by atoms with Crippen molar-refractivity contribution in [1.82, 2.24) is 10.6 Å². The number of hydrogen-bond donors (Lipinski definition) is 4. The number of hydrogen-bond acceptors (Lipinski definition) is 6. The lowest BCUT2D eigenvalue weighted by molar-refractivity contribution is -0.122. The van der Waals surface area contributed by atoms with E-state index in [0.717, 1.165) is 22.3 Å². The number of ether oxygens (including phenoxy) is 1. The van der Waals surface area contributed by atoms with Crippen molar-refractivity contribution in [2.24, 2.45) is 0 Å². The molecule has 0 fully saturated rings. The summed E-state index contributed by atoms with van der Waals surface area (Å²) in [6, 6.07) is 22.8. The Bertz CT molecular complexity index is 1390. The van der Waals surface area contributed by atoms with Crippen LogP contribution in [-0.2, 0) is 22.6 Å². The first-order valence-corrected chi connectivity index (χ1v) is 12.9. The van der Waals surface area contributed by atoms with Crippen LogP contribution in [0, 0.1) is 0 Å². The van der Waals surface area contributed by atoms with Crippen LogP contribution in [0.2, 0.25) is 0 Å². The van der Waals surface area contributed by atoms with Crippen LogP contribution in [0.15, 0.2) is 89.6 Å². The predicted octanol–water partition coefficient (Wildman–Crippen LogP) is 4.83. The maximum atomic E-state index is 12.9. The van der Waals surface area contributed by atoms with Crippen LogP contribution in [0.5, 0.6) is 0 Å². The van der Waals surface area contributed by atoms with Gasteiger partial charge in [0.05, 0.1) is 11.4 Å². The number of rotatable bonds is 9. The van der Waals surface area contributed by atoms with Crippen molar-refractivity contribution < 1.29 is 19.1 Å². The van der Waals surface area contributed by atoms with Crippen molar-refractivity contribution in [2.75, 3.05) is 18.1 Å². The van der Waals surface area contributed by atoms with Gasteiger partial charge in [-0.1, -0.05) is 48.5 Å². The van der Waals surface area contributed by atoms with E-state index in [1.807, 2.05) is 59.3 Å². The summed E-state index contributed by atoms with van der Waals surface area (Å²) in [6.07, 6.45) is -0.474. The van der Waals surface area contributed by atoms with Crippen molar-refractivity contribution in [3.8, 4) is 11.1 Å². The lowest BCUT2D eigenvalue weighted by Gasteiger charge is -2.17. The van der Waals surface area contributed by atoms with E-state index in [1.165, 1.54) is 7.05 Å². The summed E-state index contributed by atoms with van der Waals surface area (Å²) in [5, 5.41) is 12.1. The van der Waals surface area contributed by atoms with Crippen LogP contribution < -0.4 is 21.7 Å². The zero-order chi connectivity index (χ0) is 26.9. The highest BCUT2D eigenvalue weighted by Gasteiger charge is 2.21. The Morgan fingerprint density at radius 2 is 1.68 bits per heavy atom. The lowest BCUT2D eigenvalue weighted by atomic mass is 10.0. The smallest absolute Gasteiger partial charge is 0.408 e. The number of nitrogens with two attached hydrogens (primary N) is 1. The van der Waals surface area contributed by atoms with E-state index >= 15 is 0 Å². The van der Waals surface area contributed by atoms with Gasteiger partial charge in [0.15, 0.2) is 0 Å². The maximum Gasteiger partial charge on any atom is 0.408 e. The van der Waals surface area contributed by atoms with Crippen molar-refractivity contribution in [2.45, 2.75) is 19.1 Å². The second kappa shape index (κ2) is 12.6. The second-order valence-electron chi connectivity index (χ2n) is 8.54. The molecule has 9 heteroatoms. The topological polar surface area (TPSA) is 123 Å². The Morgan fingerprint density at radius 3 is 2.37 bits per heavy atom. The molecule has 4 rings (SSSR count). The fraction of sp³-hybridized carbons (Fsp3) is 0.138. The second-order valence-corrected chi connectivity index (χ2v) is 9.32. The predicted molar refractivity (Wildman–Crippen MR) is 150 cm³/mol. The summed E-state index contributed by atoms with van der Waals surface area (Å²) >= 11 is 1.59. The molecule has 3 aromatic carbocycles. The molecule has 8 nitrogen and oxygen atoms in total. The summed E-state index contributed by atoms with van der Waals surface area (Å²) < 4.78 is 5.25. The molecule has 194 valence electrons. The van der Waals surface area contributed by atoms with Crippen LogP contribution in [0.1, 0.15) is 21.5 Å². The molecule has 0 radical (unpaired) electrons. The molecular formula is C29H28N4O4S. The van der Waals surface area contributed by atoms with E-state index in [9.17, 15) is 14.4 Å². The third-order valence-electron chi connectivity index (χ3n) is 5.88. The highest BCUT2D eigenvalue weighted by Crippen LogP contribution is 2.29. The average Bonchev–Trinajstić information content (AvgIpc) is 3.48. The van der Waals surface area contributed by atoms with Crippen molar-refractivity contribution >= 4 is 40.6 Å². The van der Waals surface area contributed by atoms with Crippen LogP contribution in [0.25, 0.3) is 11.1 Å². The Labute approximate surface area is 224 Å². The van der Waals surface area contributed by atoms with Gasteiger partial charge in [0.1, 0.15) is 12.6 Å². The number of carbonyl (C=O) groups excluding carboxylic acids is 3. The van der Waals surface area contributed by atoms with E-state index < -0.39 is 12.1 Å². The standard InChI is InChI=1S/C29H28N4O4S/c1-31-28(35)26(33-29(36)37-17-20-5-3-2-4-6-20)15-19-7-9-21(10-8-19)27(34)32-25-16-22(11-12-24(25)30)23-13-14-38-18-23/h2-14,16,18,26H,15,17,30H2,1H3,(H,31,35)(H,32,34)(H,33,36)/t26-/m0/s1. The highest BCUT2D eigenvalue weighted by atomic mass is 32.1. The van der Waals surface area contributed by atoms with Gasteiger partial charge >= 0.3 is 6.09 Å². The average molecular weight is 529 g/mol. The number of nitrogen functional groups attached to an aromatic ring is 1. The molecule has 1 atom stereocenters.